The smallest absolute Gasteiger partial charge is 0.222 e. The maximum Gasteiger partial charge on any atom is 0.222 e. The molecule has 21 heavy (non-hydrogen) atoms. The highest BCUT2D eigenvalue weighted by Gasteiger charge is 2.09. The van der Waals surface area contributed by atoms with Gasteiger partial charge in [0.25, 0.3) is 0 Å². The maximum atomic E-state index is 11.7. The minimum atomic E-state index is -0.169. The lowest BCUT2D eigenvalue weighted by atomic mass is 10.2. The SMILES string of the molecule is CCC(CO)NC(=O)CCNc1ncnc2ccccc12. The highest BCUT2D eigenvalue weighted by atomic mass is 16.3. The van der Waals surface area contributed by atoms with Gasteiger partial charge in [-0.1, -0.05) is 19.1 Å². The molecule has 0 radical (unpaired) electrons. The third-order valence-electron chi connectivity index (χ3n) is 3.27. The van der Waals surface area contributed by atoms with Crippen molar-refractivity contribution in [3.05, 3.63) is 30.6 Å². The molecule has 2 rings (SSSR count). The maximum absolute atomic E-state index is 11.7. The summed E-state index contributed by atoms with van der Waals surface area (Å²) in [5.41, 5.74) is 0.866. The van der Waals surface area contributed by atoms with Crippen LogP contribution in [-0.2, 0) is 4.79 Å². The highest BCUT2D eigenvalue weighted by Crippen LogP contribution is 2.17. The standard InChI is InChI=1S/C15H20N4O2/c1-2-11(9-20)19-14(21)7-8-16-15-12-5-3-4-6-13(12)17-10-18-15/h3-6,10-11,20H,2,7-9H2,1H3,(H,19,21)(H,16,17,18). The fourth-order valence-electron chi connectivity index (χ4n) is 2.02. The number of carbonyl (C=O) groups excluding carboxylic acids is 1. The van der Waals surface area contributed by atoms with Crippen molar-refractivity contribution in [2.45, 2.75) is 25.8 Å². The van der Waals surface area contributed by atoms with Gasteiger partial charge in [-0.05, 0) is 18.6 Å². The molecule has 2 aromatic rings. The van der Waals surface area contributed by atoms with Crippen LogP contribution in [0.25, 0.3) is 10.9 Å². The summed E-state index contributed by atoms with van der Waals surface area (Å²) in [6.45, 7) is 2.37. The summed E-state index contributed by atoms with van der Waals surface area (Å²) in [5.74, 6) is 0.643. The number of hydrogen-bond donors (Lipinski definition) is 3. The molecular formula is C15H20N4O2. The molecule has 6 nitrogen and oxygen atoms in total. The van der Waals surface area contributed by atoms with Crippen molar-refractivity contribution in [2.75, 3.05) is 18.5 Å². The quantitative estimate of drug-likeness (QED) is 0.715. The van der Waals surface area contributed by atoms with E-state index in [9.17, 15) is 4.79 Å². The number of benzene rings is 1. The van der Waals surface area contributed by atoms with Gasteiger partial charge in [-0.25, -0.2) is 9.97 Å². The third kappa shape index (κ3) is 4.13. The molecule has 0 aliphatic heterocycles. The predicted molar refractivity (Wildman–Crippen MR) is 82.0 cm³/mol. The number of para-hydroxylation sites is 1. The Morgan fingerprint density at radius 1 is 1.33 bits per heavy atom. The van der Waals surface area contributed by atoms with E-state index in [1.807, 2.05) is 31.2 Å². The van der Waals surface area contributed by atoms with Crippen LogP contribution in [0.4, 0.5) is 5.82 Å². The van der Waals surface area contributed by atoms with Crippen molar-refractivity contribution in [1.29, 1.82) is 0 Å². The van der Waals surface area contributed by atoms with Crippen LogP contribution in [0.2, 0.25) is 0 Å². The molecule has 1 amide bonds. The lowest BCUT2D eigenvalue weighted by Gasteiger charge is -2.14. The molecule has 0 aliphatic carbocycles. The zero-order valence-corrected chi connectivity index (χ0v) is 12.0. The summed E-state index contributed by atoms with van der Waals surface area (Å²) < 4.78 is 0. The van der Waals surface area contributed by atoms with E-state index in [-0.39, 0.29) is 18.6 Å². The molecule has 0 fully saturated rings. The van der Waals surface area contributed by atoms with Crippen molar-refractivity contribution in [3.63, 3.8) is 0 Å². The Labute approximate surface area is 123 Å². The van der Waals surface area contributed by atoms with Gasteiger partial charge in [0.05, 0.1) is 18.2 Å². The van der Waals surface area contributed by atoms with E-state index in [1.54, 1.807) is 0 Å². The van der Waals surface area contributed by atoms with Crippen molar-refractivity contribution in [1.82, 2.24) is 15.3 Å². The van der Waals surface area contributed by atoms with Crippen LogP contribution in [-0.4, -0.2) is 40.2 Å². The van der Waals surface area contributed by atoms with Crippen LogP contribution in [0.3, 0.4) is 0 Å². The van der Waals surface area contributed by atoms with Gasteiger partial charge in [-0.2, -0.15) is 0 Å². The normalized spacial score (nSPS) is 12.1. The van der Waals surface area contributed by atoms with E-state index in [2.05, 4.69) is 20.6 Å². The first-order valence-corrected chi connectivity index (χ1v) is 7.08. The van der Waals surface area contributed by atoms with Crippen LogP contribution >= 0.6 is 0 Å². The van der Waals surface area contributed by atoms with Gasteiger partial charge < -0.3 is 15.7 Å². The summed E-state index contributed by atoms with van der Waals surface area (Å²) >= 11 is 0. The minimum absolute atomic E-state index is 0.0355. The summed E-state index contributed by atoms with van der Waals surface area (Å²) in [6, 6.07) is 7.54. The Balaban J connectivity index is 1.89. The van der Waals surface area contributed by atoms with Crippen LogP contribution in [0.15, 0.2) is 30.6 Å². The lowest BCUT2D eigenvalue weighted by molar-refractivity contribution is -0.121. The van der Waals surface area contributed by atoms with E-state index in [0.717, 1.165) is 16.7 Å². The number of rotatable bonds is 7. The van der Waals surface area contributed by atoms with Crippen LogP contribution in [0.1, 0.15) is 19.8 Å². The number of fused-ring (bicyclic) bond motifs is 1. The van der Waals surface area contributed by atoms with E-state index in [1.165, 1.54) is 6.33 Å². The number of carbonyl (C=O) groups is 1. The number of aromatic nitrogens is 2. The molecule has 0 spiro atoms. The highest BCUT2D eigenvalue weighted by molar-refractivity contribution is 5.88. The first kappa shape index (κ1) is 15.2. The fourth-order valence-corrected chi connectivity index (χ4v) is 2.02. The second kappa shape index (κ2) is 7.54. The van der Waals surface area contributed by atoms with Crippen molar-refractivity contribution >= 4 is 22.6 Å². The van der Waals surface area contributed by atoms with Crippen LogP contribution < -0.4 is 10.6 Å². The summed E-state index contributed by atoms with van der Waals surface area (Å²) in [4.78, 5) is 20.1. The Morgan fingerprint density at radius 3 is 2.90 bits per heavy atom. The summed E-state index contributed by atoms with van der Waals surface area (Å²) in [5, 5.41) is 15.9. The second-order valence-corrected chi connectivity index (χ2v) is 4.77. The number of hydrogen-bond acceptors (Lipinski definition) is 5. The molecule has 6 heteroatoms. The topological polar surface area (TPSA) is 87.1 Å². The molecular weight excluding hydrogens is 268 g/mol. The van der Waals surface area contributed by atoms with E-state index >= 15 is 0 Å². The first-order chi connectivity index (χ1) is 10.2. The van der Waals surface area contributed by atoms with Gasteiger partial charge >= 0.3 is 0 Å². The van der Waals surface area contributed by atoms with Crippen molar-refractivity contribution < 1.29 is 9.90 Å². The van der Waals surface area contributed by atoms with Gasteiger partial charge in [0.15, 0.2) is 0 Å². The first-order valence-electron chi connectivity index (χ1n) is 7.08. The van der Waals surface area contributed by atoms with E-state index in [4.69, 9.17) is 5.11 Å². The Morgan fingerprint density at radius 2 is 2.14 bits per heavy atom. The van der Waals surface area contributed by atoms with E-state index < -0.39 is 0 Å². The number of aliphatic hydroxyl groups is 1. The van der Waals surface area contributed by atoms with Gasteiger partial charge in [-0.3, -0.25) is 4.79 Å². The largest absolute Gasteiger partial charge is 0.394 e. The molecule has 0 saturated heterocycles. The Hall–Kier alpha value is -2.21. The molecule has 1 heterocycles. The monoisotopic (exact) mass is 288 g/mol. The zero-order chi connectivity index (χ0) is 15.1. The average Bonchev–Trinajstić information content (AvgIpc) is 2.53. The van der Waals surface area contributed by atoms with Crippen molar-refractivity contribution in [3.8, 4) is 0 Å². The number of nitrogens with zero attached hydrogens (tertiary/aromatic N) is 2. The van der Waals surface area contributed by atoms with Crippen LogP contribution in [0, 0.1) is 0 Å². The number of nitrogens with one attached hydrogen (secondary N) is 2. The van der Waals surface area contributed by atoms with Gasteiger partial charge in [-0.15, -0.1) is 0 Å². The molecule has 0 bridgehead atoms. The van der Waals surface area contributed by atoms with Gasteiger partial charge in [0.1, 0.15) is 12.1 Å². The fraction of sp³-hybridized carbons (Fsp3) is 0.400. The molecule has 1 unspecified atom stereocenters. The molecule has 0 saturated carbocycles. The zero-order valence-electron chi connectivity index (χ0n) is 12.0. The Bertz CT molecular complexity index is 594. The number of aliphatic hydroxyl groups excluding tert-OH is 1. The number of anilines is 1. The predicted octanol–water partition coefficient (Wildman–Crippen LogP) is 1.32. The van der Waals surface area contributed by atoms with Gasteiger partial charge in [0, 0.05) is 18.4 Å². The molecule has 1 aromatic heterocycles. The second-order valence-electron chi connectivity index (χ2n) is 4.77. The molecule has 1 atom stereocenters. The molecule has 0 aliphatic rings. The summed E-state index contributed by atoms with van der Waals surface area (Å²) in [7, 11) is 0. The molecule has 1 aromatic carbocycles. The van der Waals surface area contributed by atoms with Crippen LogP contribution in [0.5, 0.6) is 0 Å². The summed E-state index contributed by atoms with van der Waals surface area (Å²) in [6.07, 6.45) is 2.55. The minimum Gasteiger partial charge on any atom is -0.394 e. The van der Waals surface area contributed by atoms with Gasteiger partial charge in [0.2, 0.25) is 5.91 Å². The molecule has 112 valence electrons. The Kier molecular flexibility index (Phi) is 5.45. The van der Waals surface area contributed by atoms with Crippen molar-refractivity contribution in [2.24, 2.45) is 0 Å². The van der Waals surface area contributed by atoms with E-state index in [0.29, 0.717) is 19.4 Å². The number of amides is 1. The molecule has 3 N–H and O–H groups in total. The average molecular weight is 288 g/mol. The lowest BCUT2D eigenvalue weighted by Crippen LogP contribution is -2.37. The third-order valence-corrected chi connectivity index (χ3v) is 3.27.